The number of aliphatic carboxylic acids is 1. The van der Waals surface area contributed by atoms with E-state index in [-0.39, 0.29) is 18.2 Å². The van der Waals surface area contributed by atoms with Gasteiger partial charge in [0, 0.05) is 12.5 Å². The van der Waals surface area contributed by atoms with Crippen LogP contribution in [0.5, 0.6) is 0 Å². The third kappa shape index (κ3) is 4.29. The molecular weight excluding hydrogens is 368 g/mol. The minimum atomic E-state index is -0.725. The van der Waals surface area contributed by atoms with Crippen molar-refractivity contribution in [2.24, 2.45) is 5.92 Å². The summed E-state index contributed by atoms with van der Waals surface area (Å²) in [5.41, 5.74) is 3.42. The van der Waals surface area contributed by atoms with Gasteiger partial charge in [-0.2, -0.15) is 9.78 Å². The van der Waals surface area contributed by atoms with Crippen LogP contribution in [0.3, 0.4) is 0 Å². The summed E-state index contributed by atoms with van der Waals surface area (Å²) >= 11 is 0. The van der Waals surface area contributed by atoms with Crippen LogP contribution in [0.2, 0.25) is 0 Å². The molecule has 0 radical (unpaired) electrons. The highest BCUT2D eigenvalue weighted by atomic mass is 16.4. The molecule has 29 heavy (non-hydrogen) atoms. The molecule has 1 aromatic heterocycles. The van der Waals surface area contributed by atoms with Crippen LogP contribution in [0.15, 0.2) is 23.0 Å². The molecule has 1 fully saturated rings. The first-order valence-corrected chi connectivity index (χ1v) is 10.8. The molecule has 0 bridgehead atoms. The first kappa shape index (κ1) is 19.9. The van der Waals surface area contributed by atoms with E-state index in [4.69, 9.17) is 5.11 Å². The molecule has 2 heterocycles. The van der Waals surface area contributed by atoms with Gasteiger partial charge in [-0.1, -0.05) is 6.07 Å². The van der Waals surface area contributed by atoms with Gasteiger partial charge in [-0.15, -0.1) is 0 Å². The maximum Gasteiger partial charge on any atom is 0.350 e. The molecule has 0 unspecified atom stereocenters. The summed E-state index contributed by atoms with van der Waals surface area (Å²) in [7, 11) is 0. The van der Waals surface area contributed by atoms with Crippen molar-refractivity contribution in [3.05, 3.63) is 45.6 Å². The lowest BCUT2D eigenvalue weighted by molar-refractivity contribution is -0.137. The summed E-state index contributed by atoms with van der Waals surface area (Å²) in [6.07, 6.45) is 6.72. The van der Waals surface area contributed by atoms with Gasteiger partial charge >= 0.3 is 11.7 Å². The maximum absolute atomic E-state index is 13.2. The predicted octanol–water partition coefficient (Wildman–Crippen LogP) is 2.63. The Labute approximate surface area is 170 Å². The molecular formula is C22H30N4O3. The number of nitrogens with zero attached hydrogens (tertiary/aromatic N) is 3. The molecule has 1 saturated carbocycles. The Morgan fingerprint density at radius 1 is 1.17 bits per heavy atom. The van der Waals surface area contributed by atoms with Gasteiger partial charge in [0.1, 0.15) is 5.82 Å². The first-order chi connectivity index (χ1) is 14.0. The Balaban J connectivity index is 1.53. The highest BCUT2D eigenvalue weighted by molar-refractivity contribution is 5.66. The molecule has 7 heteroatoms. The minimum Gasteiger partial charge on any atom is -0.481 e. The second-order valence-corrected chi connectivity index (χ2v) is 8.42. The molecule has 2 aliphatic rings. The fourth-order valence-corrected chi connectivity index (χ4v) is 4.88. The smallest absolute Gasteiger partial charge is 0.350 e. The van der Waals surface area contributed by atoms with E-state index < -0.39 is 5.97 Å². The lowest BCUT2D eigenvalue weighted by Gasteiger charge is -2.28. The Morgan fingerprint density at radius 3 is 2.62 bits per heavy atom. The summed E-state index contributed by atoms with van der Waals surface area (Å²) in [4.78, 5) is 24.0. The van der Waals surface area contributed by atoms with Crippen LogP contribution >= 0.6 is 0 Å². The number of aromatic nitrogens is 3. The van der Waals surface area contributed by atoms with Gasteiger partial charge in [0.25, 0.3) is 0 Å². The van der Waals surface area contributed by atoms with Crippen LogP contribution in [0.25, 0.3) is 5.69 Å². The SMILES string of the molecule is Cc1nn(-c2ccc3c(c2)CCNCC3)c(=O)n1C1CCC(CCC(=O)O)CC1. The Hall–Kier alpha value is -2.41. The van der Waals surface area contributed by atoms with E-state index in [0.717, 1.165) is 69.5 Å². The van der Waals surface area contributed by atoms with Gasteiger partial charge in [0.2, 0.25) is 0 Å². The zero-order valence-electron chi connectivity index (χ0n) is 17.1. The lowest BCUT2D eigenvalue weighted by atomic mass is 9.83. The van der Waals surface area contributed by atoms with Crippen molar-refractivity contribution in [2.45, 2.75) is 64.3 Å². The fraction of sp³-hybridized carbons (Fsp3) is 0.591. The van der Waals surface area contributed by atoms with Crippen LogP contribution in [-0.2, 0) is 17.6 Å². The van der Waals surface area contributed by atoms with Crippen molar-refractivity contribution >= 4 is 5.97 Å². The first-order valence-electron chi connectivity index (χ1n) is 10.8. The van der Waals surface area contributed by atoms with E-state index in [2.05, 4.69) is 22.5 Å². The molecule has 1 aromatic carbocycles. The third-order valence-electron chi connectivity index (χ3n) is 6.51. The molecule has 1 aliphatic heterocycles. The Bertz CT molecular complexity index is 938. The zero-order chi connectivity index (χ0) is 20.4. The fourth-order valence-electron chi connectivity index (χ4n) is 4.88. The number of carbonyl (C=O) groups is 1. The second-order valence-electron chi connectivity index (χ2n) is 8.42. The average Bonchev–Trinajstić information content (AvgIpc) is 2.88. The number of hydrogen-bond acceptors (Lipinski definition) is 4. The molecule has 2 N–H and O–H groups in total. The topological polar surface area (TPSA) is 89.2 Å². The number of rotatable bonds is 5. The van der Waals surface area contributed by atoms with Crippen molar-refractivity contribution < 1.29 is 9.90 Å². The summed E-state index contributed by atoms with van der Waals surface area (Å²) in [5, 5.41) is 16.9. The minimum absolute atomic E-state index is 0.0665. The number of nitrogens with one attached hydrogen (secondary N) is 1. The number of fused-ring (bicyclic) bond motifs is 1. The van der Waals surface area contributed by atoms with Gasteiger partial charge in [0.05, 0.1) is 5.69 Å². The Morgan fingerprint density at radius 2 is 1.90 bits per heavy atom. The van der Waals surface area contributed by atoms with Crippen LogP contribution in [-0.4, -0.2) is 38.5 Å². The van der Waals surface area contributed by atoms with E-state index in [0.29, 0.717) is 5.92 Å². The third-order valence-corrected chi connectivity index (χ3v) is 6.51. The zero-order valence-corrected chi connectivity index (χ0v) is 17.1. The number of hydrogen-bond donors (Lipinski definition) is 2. The molecule has 0 atom stereocenters. The molecule has 2 aromatic rings. The maximum atomic E-state index is 13.2. The van der Waals surface area contributed by atoms with Gasteiger partial charge in [-0.3, -0.25) is 9.36 Å². The molecule has 7 nitrogen and oxygen atoms in total. The Kier molecular flexibility index (Phi) is 5.85. The van der Waals surface area contributed by atoms with Crippen LogP contribution in [0.1, 0.15) is 61.5 Å². The van der Waals surface area contributed by atoms with Crippen LogP contribution in [0.4, 0.5) is 0 Å². The van der Waals surface area contributed by atoms with E-state index in [1.54, 1.807) is 4.68 Å². The molecule has 1 aliphatic carbocycles. The number of carboxylic acid groups (broad SMARTS) is 1. The van der Waals surface area contributed by atoms with Gasteiger partial charge in [-0.25, -0.2) is 4.79 Å². The second kappa shape index (κ2) is 8.53. The monoisotopic (exact) mass is 398 g/mol. The van der Waals surface area contributed by atoms with Gasteiger partial charge in [0.15, 0.2) is 0 Å². The van der Waals surface area contributed by atoms with Crippen molar-refractivity contribution in [3.8, 4) is 5.69 Å². The standard InChI is InChI=1S/C22H30N4O3/c1-15-24-26(20-8-5-17-10-12-23-13-11-18(17)14-20)22(29)25(15)19-6-2-16(3-7-19)4-9-21(27)28/h5,8,14,16,19,23H,2-4,6-7,9-13H2,1H3,(H,27,28). The number of aryl methyl sites for hydroxylation is 1. The summed E-state index contributed by atoms with van der Waals surface area (Å²) in [6.45, 7) is 3.86. The number of benzene rings is 1. The molecule has 0 saturated heterocycles. The summed E-state index contributed by atoms with van der Waals surface area (Å²) < 4.78 is 3.39. The van der Waals surface area contributed by atoms with Gasteiger partial charge < -0.3 is 10.4 Å². The van der Waals surface area contributed by atoms with Crippen molar-refractivity contribution in [1.82, 2.24) is 19.7 Å². The summed E-state index contributed by atoms with van der Waals surface area (Å²) in [5.74, 6) is 0.476. The lowest BCUT2D eigenvalue weighted by Crippen LogP contribution is -2.30. The van der Waals surface area contributed by atoms with Crippen molar-refractivity contribution in [2.75, 3.05) is 13.1 Å². The van der Waals surface area contributed by atoms with Crippen molar-refractivity contribution in [1.29, 1.82) is 0 Å². The van der Waals surface area contributed by atoms with Crippen molar-refractivity contribution in [3.63, 3.8) is 0 Å². The largest absolute Gasteiger partial charge is 0.481 e. The summed E-state index contributed by atoms with van der Waals surface area (Å²) in [6, 6.07) is 6.41. The van der Waals surface area contributed by atoms with E-state index in [1.165, 1.54) is 11.1 Å². The molecule has 0 spiro atoms. The van der Waals surface area contributed by atoms with Gasteiger partial charge in [-0.05, 0) is 94.1 Å². The molecule has 0 amide bonds. The van der Waals surface area contributed by atoms with E-state index in [9.17, 15) is 9.59 Å². The normalized spacial score (nSPS) is 22.1. The van der Waals surface area contributed by atoms with E-state index >= 15 is 0 Å². The number of carboxylic acids is 1. The van der Waals surface area contributed by atoms with E-state index in [1.807, 2.05) is 17.6 Å². The molecule has 4 rings (SSSR count). The highest BCUT2D eigenvalue weighted by Crippen LogP contribution is 2.34. The van der Waals surface area contributed by atoms with Crippen LogP contribution in [0, 0.1) is 12.8 Å². The molecule has 156 valence electrons. The predicted molar refractivity (Wildman–Crippen MR) is 111 cm³/mol. The highest BCUT2D eigenvalue weighted by Gasteiger charge is 2.26. The average molecular weight is 399 g/mol. The quantitative estimate of drug-likeness (QED) is 0.808. The van der Waals surface area contributed by atoms with Crippen LogP contribution < -0.4 is 11.0 Å².